The van der Waals surface area contributed by atoms with E-state index in [9.17, 15) is 5.26 Å². The van der Waals surface area contributed by atoms with Gasteiger partial charge in [-0.1, -0.05) is 34.1 Å². The maximum absolute atomic E-state index is 9.33. The summed E-state index contributed by atoms with van der Waals surface area (Å²) < 4.78 is 6.38. The zero-order valence-corrected chi connectivity index (χ0v) is 12.7. The largest absolute Gasteiger partial charge is 0.494 e. The number of anilines is 1. The van der Waals surface area contributed by atoms with Gasteiger partial charge in [0.1, 0.15) is 11.8 Å². The molecule has 0 spiro atoms. The minimum absolute atomic E-state index is 0.389. The number of ether oxygens (including phenoxy) is 1. The van der Waals surface area contributed by atoms with Gasteiger partial charge in [0.05, 0.1) is 12.7 Å². The molecule has 4 heteroatoms. The Kier molecular flexibility index (Phi) is 5.03. The summed E-state index contributed by atoms with van der Waals surface area (Å²) >= 11 is 3.42. The van der Waals surface area contributed by atoms with E-state index in [-0.39, 0.29) is 6.04 Å². The van der Waals surface area contributed by atoms with Crippen LogP contribution in [0.2, 0.25) is 0 Å². The van der Waals surface area contributed by atoms with Crippen LogP contribution in [-0.2, 0) is 0 Å². The Morgan fingerprint density at radius 2 is 2.00 bits per heavy atom. The number of nitrogens with one attached hydrogen (secondary N) is 1. The topological polar surface area (TPSA) is 45.0 Å². The van der Waals surface area contributed by atoms with Gasteiger partial charge in [-0.3, -0.25) is 0 Å². The zero-order chi connectivity index (χ0) is 14.4. The summed E-state index contributed by atoms with van der Waals surface area (Å²) in [5.41, 5.74) is 1.82. The van der Waals surface area contributed by atoms with Crippen LogP contribution in [0, 0.1) is 11.3 Å². The molecule has 1 unspecified atom stereocenters. The van der Waals surface area contributed by atoms with Crippen LogP contribution in [0.1, 0.15) is 18.5 Å². The average molecular weight is 331 g/mol. The second kappa shape index (κ2) is 6.97. The average Bonchev–Trinajstić information content (AvgIpc) is 2.46. The first-order chi connectivity index (χ1) is 9.72. The molecule has 2 aromatic rings. The van der Waals surface area contributed by atoms with E-state index in [4.69, 9.17) is 4.74 Å². The predicted octanol–water partition coefficient (Wildman–Crippen LogP) is 4.52. The summed E-state index contributed by atoms with van der Waals surface area (Å²) in [6, 6.07) is 17.2. The number of hydrogen-bond donors (Lipinski definition) is 1. The van der Waals surface area contributed by atoms with Crippen molar-refractivity contribution in [1.29, 1.82) is 5.26 Å². The number of benzene rings is 2. The van der Waals surface area contributed by atoms with E-state index < -0.39 is 0 Å². The van der Waals surface area contributed by atoms with Gasteiger partial charge in [0.15, 0.2) is 0 Å². The van der Waals surface area contributed by atoms with Gasteiger partial charge in [0, 0.05) is 10.2 Å². The molecule has 0 radical (unpaired) electrons. The van der Waals surface area contributed by atoms with E-state index in [0.717, 1.165) is 21.5 Å². The monoisotopic (exact) mass is 330 g/mol. The van der Waals surface area contributed by atoms with Gasteiger partial charge in [0.2, 0.25) is 0 Å². The molecule has 0 aliphatic rings. The number of halogens is 1. The quantitative estimate of drug-likeness (QED) is 0.876. The van der Waals surface area contributed by atoms with E-state index in [1.54, 1.807) is 0 Å². The van der Waals surface area contributed by atoms with Gasteiger partial charge in [-0.15, -0.1) is 0 Å². The lowest BCUT2D eigenvalue weighted by molar-refractivity contribution is 0.340. The molecule has 2 aromatic carbocycles. The first-order valence-electron chi connectivity index (χ1n) is 6.37. The van der Waals surface area contributed by atoms with Crippen molar-refractivity contribution in [2.24, 2.45) is 0 Å². The van der Waals surface area contributed by atoms with Crippen LogP contribution < -0.4 is 10.1 Å². The van der Waals surface area contributed by atoms with E-state index in [0.29, 0.717) is 6.61 Å². The molecule has 0 aliphatic heterocycles. The molecule has 0 bridgehead atoms. The van der Waals surface area contributed by atoms with E-state index in [1.165, 1.54) is 0 Å². The van der Waals surface area contributed by atoms with Gasteiger partial charge in [-0.05, 0) is 42.8 Å². The predicted molar refractivity (Wildman–Crippen MR) is 83.7 cm³/mol. The van der Waals surface area contributed by atoms with E-state index in [2.05, 4.69) is 27.3 Å². The Hall–Kier alpha value is -1.99. The van der Waals surface area contributed by atoms with Crippen LogP contribution in [0.15, 0.2) is 53.0 Å². The molecule has 0 amide bonds. The molecule has 0 fully saturated rings. The molecule has 0 heterocycles. The highest BCUT2D eigenvalue weighted by molar-refractivity contribution is 9.10. The van der Waals surface area contributed by atoms with Crippen LogP contribution >= 0.6 is 15.9 Å². The lowest BCUT2D eigenvalue weighted by Crippen LogP contribution is -2.08. The maximum atomic E-state index is 9.33. The van der Waals surface area contributed by atoms with Gasteiger partial charge < -0.3 is 10.1 Å². The van der Waals surface area contributed by atoms with Gasteiger partial charge in [0.25, 0.3) is 0 Å². The third-order valence-electron chi connectivity index (χ3n) is 2.79. The van der Waals surface area contributed by atoms with Crippen LogP contribution in [0.25, 0.3) is 0 Å². The van der Waals surface area contributed by atoms with Crippen molar-refractivity contribution in [3.05, 3.63) is 58.6 Å². The fourth-order valence-corrected chi connectivity index (χ4v) is 2.26. The number of nitriles is 1. The summed E-state index contributed by atoms with van der Waals surface area (Å²) in [6.45, 7) is 2.58. The maximum Gasteiger partial charge on any atom is 0.140 e. The van der Waals surface area contributed by atoms with Crippen molar-refractivity contribution in [1.82, 2.24) is 0 Å². The van der Waals surface area contributed by atoms with E-state index in [1.807, 2.05) is 55.5 Å². The lowest BCUT2D eigenvalue weighted by Gasteiger charge is -2.14. The highest BCUT2D eigenvalue weighted by Gasteiger charge is 2.10. The van der Waals surface area contributed by atoms with Crippen molar-refractivity contribution in [2.75, 3.05) is 11.9 Å². The van der Waals surface area contributed by atoms with Crippen LogP contribution in [0.5, 0.6) is 5.75 Å². The minimum atomic E-state index is -0.389. The molecule has 1 N–H and O–H groups in total. The van der Waals surface area contributed by atoms with Crippen LogP contribution in [0.3, 0.4) is 0 Å². The normalized spacial score (nSPS) is 11.4. The van der Waals surface area contributed by atoms with Crippen molar-refractivity contribution in [2.45, 2.75) is 13.0 Å². The van der Waals surface area contributed by atoms with Crippen molar-refractivity contribution in [3.8, 4) is 11.8 Å². The Balaban J connectivity index is 2.14. The molecule has 1 atom stereocenters. The van der Waals surface area contributed by atoms with Crippen molar-refractivity contribution in [3.63, 3.8) is 0 Å². The second-order valence-electron chi connectivity index (χ2n) is 4.22. The molecule has 2 rings (SSSR count). The van der Waals surface area contributed by atoms with E-state index >= 15 is 0 Å². The Labute approximate surface area is 127 Å². The standard InChI is InChI=1S/C16H15BrN2O/c1-2-20-15-8-6-12(7-9-15)16(11-18)19-14-5-3-4-13(17)10-14/h3-10,16,19H,2H2,1H3. The van der Waals surface area contributed by atoms with Crippen molar-refractivity contribution >= 4 is 21.6 Å². The number of hydrogen-bond acceptors (Lipinski definition) is 3. The number of rotatable bonds is 5. The molecule has 0 aliphatic carbocycles. The molecule has 102 valence electrons. The fraction of sp³-hybridized carbons (Fsp3) is 0.188. The lowest BCUT2D eigenvalue weighted by atomic mass is 10.1. The fourth-order valence-electron chi connectivity index (χ4n) is 1.86. The molecule has 0 saturated heterocycles. The number of nitrogens with zero attached hydrogens (tertiary/aromatic N) is 1. The van der Waals surface area contributed by atoms with Crippen LogP contribution in [-0.4, -0.2) is 6.61 Å². The van der Waals surface area contributed by atoms with Crippen molar-refractivity contribution < 1.29 is 4.74 Å². The molecule has 0 aromatic heterocycles. The molecule has 3 nitrogen and oxygen atoms in total. The minimum Gasteiger partial charge on any atom is -0.494 e. The first-order valence-corrected chi connectivity index (χ1v) is 7.16. The highest BCUT2D eigenvalue weighted by Crippen LogP contribution is 2.23. The third-order valence-corrected chi connectivity index (χ3v) is 3.28. The highest BCUT2D eigenvalue weighted by atomic mass is 79.9. The van der Waals surface area contributed by atoms with Gasteiger partial charge in [-0.2, -0.15) is 5.26 Å². The molecular weight excluding hydrogens is 316 g/mol. The van der Waals surface area contributed by atoms with Gasteiger partial charge >= 0.3 is 0 Å². The summed E-state index contributed by atoms with van der Waals surface area (Å²) in [7, 11) is 0. The zero-order valence-electron chi connectivity index (χ0n) is 11.1. The first kappa shape index (κ1) is 14.4. The summed E-state index contributed by atoms with van der Waals surface area (Å²) in [4.78, 5) is 0. The Bertz CT molecular complexity index is 605. The SMILES string of the molecule is CCOc1ccc(C(C#N)Nc2cccc(Br)c2)cc1. The summed E-state index contributed by atoms with van der Waals surface area (Å²) in [5.74, 6) is 0.815. The van der Waals surface area contributed by atoms with Gasteiger partial charge in [-0.25, -0.2) is 0 Å². The summed E-state index contributed by atoms with van der Waals surface area (Å²) in [6.07, 6.45) is 0. The Morgan fingerprint density at radius 1 is 1.25 bits per heavy atom. The van der Waals surface area contributed by atoms with Crippen LogP contribution in [0.4, 0.5) is 5.69 Å². The summed E-state index contributed by atoms with van der Waals surface area (Å²) in [5, 5.41) is 12.5. The molecule has 0 saturated carbocycles. The molecular formula is C16H15BrN2O. The Morgan fingerprint density at radius 3 is 2.60 bits per heavy atom. The second-order valence-corrected chi connectivity index (χ2v) is 5.13. The molecule has 20 heavy (non-hydrogen) atoms. The smallest absolute Gasteiger partial charge is 0.140 e. The third kappa shape index (κ3) is 3.75.